The van der Waals surface area contributed by atoms with E-state index in [0.29, 0.717) is 10.6 Å². The minimum atomic E-state index is -1.30. The fourth-order valence-electron chi connectivity index (χ4n) is 1.75. The monoisotopic (exact) mass is 307 g/mol. The smallest absolute Gasteiger partial charge is 0.339 e. The topological polar surface area (TPSA) is 89.7 Å². The van der Waals surface area contributed by atoms with E-state index in [0.717, 1.165) is 0 Å². The van der Waals surface area contributed by atoms with E-state index >= 15 is 0 Å². The van der Waals surface area contributed by atoms with Crippen LogP contribution in [-0.4, -0.2) is 16.0 Å². The van der Waals surface area contributed by atoms with Gasteiger partial charge in [-0.2, -0.15) is 0 Å². The number of nitro benzene ring substituents is 1. The van der Waals surface area contributed by atoms with E-state index in [4.69, 9.17) is 21.4 Å². The summed E-state index contributed by atoms with van der Waals surface area (Å²) in [5.41, 5.74) is -0.0631. The molecule has 0 heterocycles. The Morgan fingerprint density at radius 1 is 1.24 bits per heavy atom. The van der Waals surface area contributed by atoms with Gasteiger partial charge in [0, 0.05) is 16.7 Å². The van der Waals surface area contributed by atoms with Crippen LogP contribution in [0.2, 0.25) is 5.02 Å². The lowest BCUT2D eigenvalue weighted by Gasteiger charge is -2.10. The van der Waals surface area contributed by atoms with E-state index in [2.05, 4.69) is 0 Å². The second kappa shape index (κ2) is 6.23. The largest absolute Gasteiger partial charge is 0.481 e. The minimum absolute atomic E-state index is 0.0647. The SMILES string of the molecule is O=C(O)c1cccc([N+](=O)[O-])c1OCc1ccccc1Cl. The molecule has 0 aliphatic carbocycles. The standard InChI is InChI=1S/C14H10ClNO5/c15-11-6-2-1-4-9(11)8-21-13-10(14(17)18)5-3-7-12(13)16(19)20/h1-7H,8H2,(H,17,18). The molecule has 0 saturated carbocycles. The fraction of sp³-hybridized carbons (Fsp3) is 0.0714. The molecule has 0 bridgehead atoms. The number of benzene rings is 2. The number of carboxylic acids is 1. The number of ether oxygens (including phenoxy) is 1. The first kappa shape index (κ1) is 14.8. The summed E-state index contributed by atoms with van der Waals surface area (Å²) in [6.07, 6.45) is 0. The Labute approximate surface area is 124 Å². The van der Waals surface area contributed by atoms with Gasteiger partial charge in [0.15, 0.2) is 0 Å². The van der Waals surface area contributed by atoms with E-state index in [1.165, 1.54) is 18.2 Å². The van der Waals surface area contributed by atoms with Crippen LogP contribution in [0.25, 0.3) is 0 Å². The number of nitrogens with zero attached hydrogens (tertiary/aromatic N) is 1. The maximum Gasteiger partial charge on any atom is 0.339 e. The quantitative estimate of drug-likeness (QED) is 0.674. The summed E-state index contributed by atoms with van der Waals surface area (Å²) >= 11 is 5.96. The molecule has 0 fully saturated rings. The second-order valence-corrected chi connectivity index (χ2v) is 4.50. The van der Waals surface area contributed by atoms with E-state index < -0.39 is 16.6 Å². The van der Waals surface area contributed by atoms with Crippen molar-refractivity contribution in [2.45, 2.75) is 6.61 Å². The third kappa shape index (κ3) is 3.29. The van der Waals surface area contributed by atoms with Crippen LogP contribution in [0.15, 0.2) is 42.5 Å². The van der Waals surface area contributed by atoms with Gasteiger partial charge in [-0.15, -0.1) is 0 Å². The maximum atomic E-state index is 11.1. The summed E-state index contributed by atoms with van der Waals surface area (Å²) in [4.78, 5) is 21.4. The van der Waals surface area contributed by atoms with E-state index in [9.17, 15) is 14.9 Å². The Morgan fingerprint density at radius 3 is 2.57 bits per heavy atom. The zero-order chi connectivity index (χ0) is 15.4. The average molecular weight is 308 g/mol. The van der Waals surface area contributed by atoms with Crippen LogP contribution in [0, 0.1) is 10.1 Å². The number of nitro groups is 1. The molecule has 21 heavy (non-hydrogen) atoms. The van der Waals surface area contributed by atoms with Crippen molar-refractivity contribution in [3.05, 3.63) is 68.7 Å². The van der Waals surface area contributed by atoms with Crippen LogP contribution in [-0.2, 0) is 6.61 Å². The number of hydrogen-bond donors (Lipinski definition) is 1. The van der Waals surface area contributed by atoms with Crippen LogP contribution >= 0.6 is 11.6 Å². The van der Waals surface area contributed by atoms with Crippen molar-refractivity contribution < 1.29 is 19.6 Å². The molecular weight excluding hydrogens is 298 g/mol. The highest BCUT2D eigenvalue weighted by molar-refractivity contribution is 6.31. The van der Waals surface area contributed by atoms with Gasteiger partial charge >= 0.3 is 11.7 Å². The van der Waals surface area contributed by atoms with Gasteiger partial charge in [0.2, 0.25) is 5.75 Å². The zero-order valence-corrected chi connectivity index (χ0v) is 11.4. The van der Waals surface area contributed by atoms with Crippen molar-refractivity contribution in [3.63, 3.8) is 0 Å². The van der Waals surface area contributed by atoms with Crippen LogP contribution in [0.3, 0.4) is 0 Å². The second-order valence-electron chi connectivity index (χ2n) is 4.10. The average Bonchev–Trinajstić information content (AvgIpc) is 2.45. The molecule has 0 radical (unpaired) electrons. The summed E-state index contributed by atoms with van der Waals surface area (Å²) in [5.74, 6) is -1.58. The Balaban J connectivity index is 2.36. The number of rotatable bonds is 5. The van der Waals surface area contributed by atoms with Crippen molar-refractivity contribution in [1.29, 1.82) is 0 Å². The summed E-state index contributed by atoms with van der Waals surface area (Å²) < 4.78 is 5.35. The number of carboxylic acid groups (broad SMARTS) is 1. The predicted octanol–water partition coefficient (Wildman–Crippen LogP) is 3.53. The van der Waals surface area contributed by atoms with Crippen LogP contribution < -0.4 is 4.74 Å². The summed E-state index contributed by atoms with van der Waals surface area (Å²) in [6, 6.07) is 10.5. The Bertz CT molecular complexity index is 669. The number of halogens is 1. The Morgan fingerprint density at radius 2 is 1.95 bits per heavy atom. The maximum absolute atomic E-state index is 11.1. The van der Waals surface area contributed by atoms with Gasteiger partial charge in [-0.25, -0.2) is 4.79 Å². The molecule has 2 aromatic carbocycles. The summed E-state index contributed by atoms with van der Waals surface area (Å²) in [7, 11) is 0. The molecule has 6 nitrogen and oxygen atoms in total. The van der Waals surface area contributed by atoms with Gasteiger partial charge in [0.25, 0.3) is 0 Å². The first-order valence-corrected chi connectivity index (χ1v) is 6.25. The highest BCUT2D eigenvalue weighted by Gasteiger charge is 2.23. The van der Waals surface area contributed by atoms with E-state index in [1.807, 2.05) is 0 Å². The fourth-order valence-corrected chi connectivity index (χ4v) is 1.94. The van der Waals surface area contributed by atoms with Gasteiger partial charge < -0.3 is 9.84 Å². The van der Waals surface area contributed by atoms with Crippen molar-refractivity contribution >= 4 is 23.3 Å². The lowest BCUT2D eigenvalue weighted by atomic mass is 10.1. The zero-order valence-electron chi connectivity index (χ0n) is 10.7. The van der Waals surface area contributed by atoms with Crippen LogP contribution in [0.5, 0.6) is 5.75 Å². The third-order valence-electron chi connectivity index (χ3n) is 2.75. The molecule has 0 spiro atoms. The van der Waals surface area contributed by atoms with Gasteiger partial charge in [0.1, 0.15) is 12.2 Å². The van der Waals surface area contributed by atoms with Crippen molar-refractivity contribution in [1.82, 2.24) is 0 Å². The Hall–Kier alpha value is -2.60. The molecular formula is C14H10ClNO5. The predicted molar refractivity (Wildman–Crippen MR) is 75.8 cm³/mol. The highest BCUT2D eigenvalue weighted by Crippen LogP contribution is 2.32. The number of para-hydroxylation sites is 1. The Kier molecular flexibility index (Phi) is 4.39. The van der Waals surface area contributed by atoms with Crippen molar-refractivity contribution in [2.75, 3.05) is 0 Å². The molecule has 108 valence electrons. The van der Waals surface area contributed by atoms with Gasteiger partial charge in [-0.05, 0) is 12.1 Å². The third-order valence-corrected chi connectivity index (χ3v) is 3.12. The van der Waals surface area contributed by atoms with E-state index in [1.54, 1.807) is 24.3 Å². The van der Waals surface area contributed by atoms with Gasteiger partial charge in [-0.3, -0.25) is 10.1 Å². The number of hydrogen-bond acceptors (Lipinski definition) is 4. The van der Waals surface area contributed by atoms with Gasteiger partial charge in [0.05, 0.1) is 4.92 Å². The van der Waals surface area contributed by atoms with Gasteiger partial charge in [-0.1, -0.05) is 35.9 Å². The normalized spacial score (nSPS) is 10.1. The molecule has 0 aliphatic rings. The molecule has 0 unspecified atom stereocenters. The molecule has 7 heteroatoms. The first-order valence-electron chi connectivity index (χ1n) is 5.87. The van der Waals surface area contributed by atoms with Crippen molar-refractivity contribution in [3.8, 4) is 5.75 Å². The van der Waals surface area contributed by atoms with Crippen LogP contribution in [0.4, 0.5) is 5.69 Å². The molecule has 0 aromatic heterocycles. The molecule has 2 aromatic rings. The lowest BCUT2D eigenvalue weighted by Crippen LogP contribution is -2.06. The minimum Gasteiger partial charge on any atom is -0.481 e. The number of carbonyl (C=O) groups is 1. The molecule has 1 N–H and O–H groups in total. The highest BCUT2D eigenvalue weighted by atomic mass is 35.5. The summed E-state index contributed by atoms with van der Waals surface area (Å²) in [6.45, 7) is -0.0647. The molecule has 0 aliphatic heterocycles. The first-order chi connectivity index (χ1) is 10.0. The molecule has 0 amide bonds. The number of aromatic carboxylic acids is 1. The molecule has 0 atom stereocenters. The van der Waals surface area contributed by atoms with Crippen LogP contribution in [0.1, 0.15) is 15.9 Å². The molecule has 2 rings (SSSR count). The summed E-state index contributed by atoms with van der Waals surface area (Å²) in [5, 5.41) is 20.5. The lowest BCUT2D eigenvalue weighted by molar-refractivity contribution is -0.386. The van der Waals surface area contributed by atoms with E-state index in [-0.39, 0.29) is 17.9 Å². The van der Waals surface area contributed by atoms with Crippen molar-refractivity contribution in [2.24, 2.45) is 0 Å². The molecule has 0 saturated heterocycles.